The quantitative estimate of drug-likeness (QED) is 0.675. The van der Waals surface area contributed by atoms with Crippen LogP contribution in [0, 0.1) is 11.3 Å². The summed E-state index contributed by atoms with van der Waals surface area (Å²) < 4.78 is 1.95. The van der Waals surface area contributed by atoms with Crippen molar-refractivity contribution in [2.45, 2.75) is 26.2 Å². The van der Waals surface area contributed by atoms with Crippen LogP contribution in [0.25, 0.3) is 11.0 Å². The fourth-order valence-electron chi connectivity index (χ4n) is 1.75. The van der Waals surface area contributed by atoms with Crippen LogP contribution in [0.5, 0.6) is 0 Å². The van der Waals surface area contributed by atoms with Crippen LogP contribution in [0.4, 0.5) is 0 Å². The first-order valence-corrected chi connectivity index (χ1v) is 5.29. The number of rotatable bonds is 0. The zero-order chi connectivity index (χ0) is 11.9. The molecule has 2 rings (SSSR count). The molecular weight excluding hydrogens is 198 g/mol. The van der Waals surface area contributed by atoms with E-state index in [1.54, 1.807) is 0 Å². The fourth-order valence-corrected chi connectivity index (χ4v) is 1.75. The van der Waals surface area contributed by atoms with Crippen LogP contribution in [0.3, 0.4) is 0 Å². The van der Waals surface area contributed by atoms with Gasteiger partial charge in [0.15, 0.2) is 0 Å². The minimum Gasteiger partial charge on any atom is -0.348 e. The Bertz CT molecular complexity index is 579. The first-order valence-electron chi connectivity index (χ1n) is 5.29. The lowest BCUT2D eigenvalue weighted by Gasteiger charge is -2.18. The number of hydrogen-bond donors (Lipinski definition) is 0. The van der Waals surface area contributed by atoms with E-state index in [2.05, 4.69) is 37.9 Å². The number of fused-ring (bicyclic) bond motifs is 1. The van der Waals surface area contributed by atoms with E-state index in [9.17, 15) is 0 Å². The van der Waals surface area contributed by atoms with Crippen LogP contribution in [-0.4, -0.2) is 9.55 Å². The second-order valence-electron chi connectivity index (χ2n) is 5.11. The fraction of sp³-hybridized carbons (Fsp3) is 0.385. The molecule has 16 heavy (non-hydrogen) atoms. The molecule has 3 nitrogen and oxygen atoms in total. The molecule has 0 unspecified atom stereocenters. The van der Waals surface area contributed by atoms with E-state index in [0.717, 1.165) is 11.0 Å². The monoisotopic (exact) mass is 213 g/mol. The Morgan fingerprint density at radius 1 is 1.38 bits per heavy atom. The van der Waals surface area contributed by atoms with Gasteiger partial charge >= 0.3 is 0 Å². The highest BCUT2D eigenvalue weighted by atomic mass is 14.9. The molecule has 3 heteroatoms. The van der Waals surface area contributed by atoms with Crippen LogP contribution in [-0.2, 0) is 12.5 Å². The summed E-state index contributed by atoms with van der Waals surface area (Å²) in [6, 6.07) is 4.28. The van der Waals surface area contributed by atoms with E-state index in [1.807, 2.05) is 24.0 Å². The Morgan fingerprint density at radius 3 is 2.62 bits per heavy atom. The number of aromatic nitrogens is 2. The summed E-state index contributed by atoms with van der Waals surface area (Å²) in [7, 11) is 1.94. The molecule has 0 radical (unpaired) electrons. The average Bonchev–Trinajstić information content (AvgIpc) is 2.54. The molecule has 2 aromatic rings. The SMILES string of the molecule is Cn1cc(C#N)c2ncc(C(C)(C)C)cc21. The lowest BCUT2D eigenvalue weighted by molar-refractivity contribution is 0.588. The standard InChI is InChI=1S/C13H15N3/c1-13(2,3)10-5-11-12(15-7-10)9(6-14)8-16(11)4/h5,7-8H,1-4H3. The number of hydrogen-bond acceptors (Lipinski definition) is 2. The van der Waals surface area contributed by atoms with Gasteiger partial charge in [-0.15, -0.1) is 0 Å². The molecule has 0 aliphatic carbocycles. The highest BCUT2D eigenvalue weighted by molar-refractivity contribution is 5.82. The van der Waals surface area contributed by atoms with E-state index < -0.39 is 0 Å². The largest absolute Gasteiger partial charge is 0.348 e. The molecule has 0 aliphatic heterocycles. The predicted molar refractivity (Wildman–Crippen MR) is 64.1 cm³/mol. The third kappa shape index (κ3) is 1.57. The minimum atomic E-state index is 0.0816. The average molecular weight is 213 g/mol. The van der Waals surface area contributed by atoms with Gasteiger partial charge in [0.2, 0.25) is 0 Å². The zero-order valence-corrected chi connectivity index (χ0v) is 10.1. The van der Waals surface area contributed by atoms with Gasteiger partial charge in [0.05, 0.1) is 11.1 Å². The van der Waals surface area contributed by atoms with Gasteiger partial charge in [-0.25, -0.2) is 0 Å². The van der Waals surface area contributed by atoms with Crippen LogP contribution in [0.1, 0.15) is 31.9 Å². The van der Waals surface area contributed by atoms with Crippen molar-refractivity contribution in [1.29, 1.82) is 5.26 Å². The van der Waals surface area contributed by atoms with Crippen LogP contribution in [0.15, 0.2) is 18.5 Å². The van der Waals surface area contributed by atoms with Crippen molar-refractivity contribution >= 4 is 11.0 Å². The summed E-state index contributed by atoms with van der Waals surface area (Å²) in [5.74, 6) is 0. The van der Waals surface area contributed by atoms with Crippen molar-refractivity contribution in [2.24, 2.45) is 7.05 Å². The maximum absolute atomic E-state index is 8.97. The number of nitrogens with zero attached hydrogens (tertiary/aromatic N) is 3. The molecule has 2 heterocycles. The van der Waals surface area contributed by atoms with Crippen molar-refractivity contribution in [1.82, 2.24) is 9.55 Å². The highest BCUT2D eigenvalue weighted by Gasteiger charge is 2.16. The number of pyridine rings is 1. The molecule has 2 aromatic heterocycles. The first-order chi connectivity index (χ1) is 7.43. The number of nitriles is 1. The molecule has 0 amide bonds. The Kier molecular flexibility index (Phi) is 2.23. The summed E-state index contributed by atoms with van der Waals surface area (Å²) >= 11 is 0. The third-order valence-corrected chi connectivity index (χ3v) is 2.81. The molecule has 0 saturated heterocycles. The molecule has 0 fully saturated rings. The third-order valence-electron chi connectivity index (χ3n) is 2.81. The van der Waals surface area contributed by atoms with E-state index in [4.69, 9.17) is 5.26 Å². The maximum atomic E-state index is 8.97. The van der Waals surface area contributed by atoms with E-state index >= 15 is 0 Å². The topological polar surface area (TPSA) is 41.6 Å². The van der Waals surface area contributed by atoms with E-state index in [0.29, 0.717) is 5.56 Å². The van der Waals surface area contributed by atoms with Gasteiger partial charge in [-0.1, -0.05) is 20.8 Å². The molecule has 0 bridgehead atoms. The lowest BCUT2D eigenvalue weighted by atomic mass is 9.88. The maximum Gasteiger partial charge on any atom is 0.106 e. The molecule has 0 atom stereocenters. The summed E-state index contributed by atoms with van der Waals surface area (Å²) in [5.41, 5.74) is 3.71. The van der Waals surface area contributed by atoms with E-state index in [-0.39, 0.29) is 5.41 Å². The Labute approximate surface area is 95.3 Å². The van der Waals surface area contributed by atoms with Crippen molar-refractivity contribution in [2.75, 3.05) is 0 Å². The van der Waals surface area contributed by atoms with Crippen LogP contribution >= 0.6 is 0 Å². The van der Waals surface area contributed by atoms with Gasteiger partial charge in [-0.3, -0.25) is 4.98 Å². The second-order valence-corrected chi connectivity index (χ2v) is 5.11. The molecule has 0 aliphatic rings. The molecule has 82 valence electrons. The van der Waals surface area contributed by atoms with Gasteiger partial charge < -0.3 is 4.57 Å². The van der Waals surface area contributed by atoms with Crippen molar-refractivity contribution in [3.63, 3.8) is 0 Å². The summed E-state index contributed by atoms with van der Waals surface area (Å²) in [5, 5.41) is 8.97. The van der Waals surface area contributed by atoms with Crippen molar-refractivity contribution in [3.8, 4) is 6.07 Å². The van der Waals surface area contributed by atoms with Gasteiger partial charge in [0, 0.05) is 19.4 Å². The van der Waals surface area contributed by atoms with Crippen molar-refractivity contribution in [3.05, 3.63) is 29.6 Å². The van der Waals surface area contributed by atoms with Gasteiger partial charge in [-0.2, -0.15) is 5.26 Å². The summed E-state index contributed by atoms with van der Waals surface area (Å²) in [6.45, 7) is 6.47. The highest BCUT2D eigenvalue weighted by Crippen LogP contribution is 2.26. The number of aryl methyl sites for hydroxylation is 1. The Balaban J connectivity index is 2.74. The minimum absolute atomic E-state index is 0.0816. The summed E-state index contributed by atoms with van der Waals surface area (Å²) in [6.07, 6.45) is 3.69. The smallest absolute Gasteiger partial charge is 0.106 e. The van der Waals surface area contributed by atoms with Crippen LogP contribution in [0.2, 0.25) is 0 Å². The predicted octanol–water partition coefficient (Wildman–Crippen LogP) is 2.74. The first kappa shape index (κ1) is 10.7. The molecule has 0 spiro atoms. The van der Waals surface area contributed by atoms with Gasteiger partial charge in [-0.05, 0) is 17.0 Å². The second kappa shape index (κ2) is 3.34. The lowest BCUT2D eigenvalue weighted by Crippen LogP contribution is -2.11. The zero-order valence-electron chi connectivity index (χ0n) is 10.1. The molecular formula is C13H15N3. The van der Waals surface area contributed by atoms with Gasteiger partial charge in [0.1, 0.15) is 11.6 Å². The van der Waals surface area contributed by atoms with Crippen molar-refractivity contribution < 1.29 is 0 Å². The summed E-state index contributed by atoms with van der Waals surface area (Å²) in [4.78, 5) is 4.40. The molecule has 0 saturated carbocycles. The van der Waals surface area contributed by atoms with E-state index in [1.165, 1.54) is 5.56 Å². The molecule has 0 N–H and O–H groups in total. The van der Waals surface area contributed by atoms with Crippen LogP contribution < -0.4 is 0 Å². The molecule has 0 aromatic carbocycles. The normalized spacial score (nSPS) is 11.7. The van der Waals surface area contributed by atoms with Gasteiger partial charge in [0.25, 0.3) is 0 Å². The Hall–Kier alpha value is -1.82. The Morgan fingerprint density at radius 2 is 2.06 bits per heavy atom.